The Kier molecular flexibility index (Phi) is 6.38. The molecule has 1 aliphatic heterocycles. The Balaban J connectivity index is 1.88. The smallest absolute Gasteiger partial charge is 0.110 e. The minimum atomic E-state index is 0.359. The van der Waals surface area contributed by atoms with Gasteiger partial charge in [0, 0.05) is 18.8 Å². The van der Waals surface area contributed by atoms with Crippen LogP contribution in [0, 0.1) is 12.3 Å². The van der Waals surface area contributed by atoms with E-state index in [0.29, 0.717) is 6.10 Å². The van der Waals surface area contributed by atoms with Crippen molar-refractivity contribution in [2.45, 2.75) is 18.9 Å². The first kappa shape index (κ1) is 11.5. The molecule has 1 rings (SSSR count). The first-order chi connectivity index (χ1) is 6.93. The van der Waals surface area contributed by atoms with Crippen molar-refractivity contribution >= 4 is 11.8 Å². The summed E-state index contributed by atoms with van der Waals surface area (Å²) in [7, 11) is 0. The van der Waals surface area contributed by atoms with Crippen LogP contribution in [0.4, 0.5) is 0 Å². The zero-order valence-corrected chi connectivity index (χ0v) is 9.19. The first-order valence-corrected chi connectivity index (χ1v) is 6.11. The van der Waals surface area contributed by atoms with Crippen LogP contribution in [-0.4, -0.2) is 30.7 Å². The van der Waals surface area contributed by atoms with Crippen LogP contribution in [0.5, 0.6) is 0 Å². The molecule has 1 aliphatic rings. The van der Waals surface area contributed by atoms with Crippen molar-refractivity contribution in [3.8, 4) is 12.3 Å². The average Bonchev–Trinajstić information content (AvgIpc) is 2.25. The number of terminal acetylenes is 1. The van der Waals surface area contributed by atoms with Gasteiger partial charge < -0.3 is 10.1 Å². The summed E-state index contributed by atoms with van der Waals surface area (Å²) < 4.78 is 5.42. The average molecular weight is 211 g/mol. The van der Waals surface area contributed by atoms with E-state index in [0.717, 1.165) is 37.4 Å². The minimum Gasteiger partial charge on any atom is -0.497 e. The number of thioether (sulfide) groups is 1. The van der Waals surface area contributed by atoms with Crippen LogP contribution in [0.3, 0.4) is 0 Å². The SMILES string of the molecule is C#CCSCCNCC1CCC=CO1. The maximum Gasteiger partial charge on any atom is 0.110 e. The molecule has 14 heavy (non-hydrogen) atoms. The van der Waals surface area contributed by atoms with E-state index >= 15 is 0 Å². The van der Waals surface area contributed by atoms with E-state index in [1.54, 1.807) is 11.8 Å². The summed E-state index contributed by atoms with van der Waals surface area (Å²) in [6.45, 7) is 1.96. The summed E-state index contributed by atoms with van der Waals surface area (Å²) in [6.07, 6.45) is 11.6. The van der Waals surface area contributed by atoms with Gasteiger partial charge in [-0.2, -0.15) is 0 Å². The van der Waals surface area contributed by atoms with Crippen LogP contribution in [-0.2, 0) is 4.74 Å². The fourth-order valence-corrected chi connectivity index (χ4v) is 1.82. The van der Waals surface area contributed by atoms with Crippen LogP contribution >= 0.6 is 11.8 Å². The molecule has 0 aromatic heterocycles. The standard InChI is InChI=1S/C11H17NOS/c1-2-8-14-9-6-12-10-11-5-3-4-7-13-11/h1,4,7,11-12H,3,5-6,8-10H2. The Morgan fingerprint density at radius 1 is 1.64 bits per heavy atom. The van der Waals surface area contributed by atoms with E-state index in [4.69, 9.17) is 11.2 Å². The molecule has 78 valence electrons. The van der Waals surface area contributed by atoms with Crippen molar-refractivity contribution in [1.29, 1.82) is 0 Å². The number of hydrogen-bond donors (Lipinski definition) is 1. The number of allylic oxidation sites excluding steroid dienone is 1. The van der Waals surface area contributed by atoms with Gasteiger partial charge in [-0.1, -0.05) is 5.92 Å². The Morgan fingerprint density at radius 3 is 3.29 bits per heavy atom. The molecule has 1 unspecified atom stereocenters. The van der Waals surface area contributed by atoms with Gasteiger partial charge in [0.2, 0.25) is 0 Å². The predicted molar refractivity (Wildman–Crippen MR) is 62.3 cm³/mol. The van der Waals surface area contributed by atoms with Crippen LogP contribution in [0.25, 0.3) is 0 Å². The predicted octanol–water partition coefficient (Wildman–Crippen LogP) is 1.64. The van der Waals surface area contributed by atoms with Gasteiger partial charge in [-0.3, -0.25) is 0 Å². The van der Waals surface area contributed by atoms with Crippen LogP contribution in [0.15, 0.2) is 12.3 Å². The molecular formula is C11H17NOS. The highest BCUT2D eigenvalue weighted by molar-refractivity contribution is 7.99. The van der Waals surface area contributed by atoms with Crippen molar-refractivity contribution in [2.24, 2.45) is 0 Å². The van der Waals surface area contributed by atoms with E-state index in [9.17, 15) is 0 Å². The second kappa shape index (κ2) is 7.78. The molecule has 0 saturated heterocycles. The molecule has 0 fully saturated rings. The van der Waals surface area contributed by atoms with Crippen LogP contribution in [0.1, 0.15) is 12.8 Å². The first-order valence-electron chi connectivity index (χ1n) is 4.96. The molecule has 0 amide bonds. The lowest BCUT2D eigenvalue weighted by atomic mass is 10.1. The third-order valence-electron chi connectivity index (χ3n) is 2.00. The highest BCUT2D eigenvalue weighted by Gasteiger charge is 2.09. The number of rotatable bonds is 6. The normalized spacial score (nSPS) is 20.1. The maximum absolute atomic E-state index is 5.42. The van der Waals surface area contributed by atoms with Crippen molar-refractivity contribution in [3.63, 3.8) is 0 Å². The Bertz CT molecular complexity index is 210. The zero-order valence-electron chi connectivity index (χ0n) is 8.37. The van der Waals surface area contributed by atoms with E-state index in [-0.39, 0.29) is 0 Å². The molecule has 0 aromatic rings. The topological polar surface area (TPSA) is 21.3 Å². The molecule has 2 nitrogen and oxygen atoms in total. The molecule has 0 saturated carbocycles. The molecule has 1 atom stereocenters. The van der Waals surface area contributed by atoms with Crippen molar-refractivity contribution in [1.82, 2.24) is 5.32 Å². The van der Waals surface area contributed by atoms with Gasteiger partial charge in [-0.05, 0) is 18.9 Å². The van der Waals surface area contributed by atoms with Crippen molar-refractivity contribution in [2.75, 3.05) is 24.6 Å². The second-order valence-electron chi connectivity index (χ2n) is 3.17. The van der Waals surface area contributed by atoms with Gasteiger partial charge in [-0.15, -0.1) is 18.2 Å². The van der Waals surface area contributed by atoms with Gasteiger partial charge in [0.05, 0.1) is 12.0 Å². The quantitative estimate of drug-likeness (QED) is 0.533. The summed E-state index contributed by atoms with van der Waals surface area (Å²) >= 11 is 1.79. The highest BCUT2D eigenvalue weighted by atomic mass is 32.2. The Morgan fingerprint density at radius 2 is 2.57 bits per heavy atom. The largest absolute Gasteiger partial charge is 0.497 e. The van der Waals surface area contributed by atoms with Gasteiger partial charge in [0.15, 0.2) is 0 Å². The summed E-state index contributed by atoms with van der Waals surface area (Å²) in [5.41, 5.74) is 0. The molecule has 0 bridgehead atoms. The number of nitrogens with one attached hydrogen (secondary N) is 1. The lowest BCUT2D eigenvalue weighted by Gasteiger charge is -2.19. The zero-order chi connectivity index (χ0) is 10.1. The molecule has 1 heterocycles. The summed E-state index contributed by atoms with van der Waals surface area (Å²) in [5, 5.41) is 3.37. The fraction of sp³-hybridized carbons (Fsp3) is 0.636. The van der Waals surface area contributed by atoms with Crippen molar-refractivity contribution < 1.29 is 4.74 Å². The second-order valence-corrected chi connectivity index (χ2v) is 4.27. The number of hydrogen-bond acceptors (Lipinski definition) is 3. The number of ether oxygens (including phenoxy) is 1. The Hall–Kier alpha value is -0.590. The van der Waals surface area contributed by atoms with E-state index in [1.807, 2.05) is 6.26 Å². The minimum absolute atomic E-state index is 0.359. The molecule has 1 N–H and O–H groups in total. The molecule has 0 aromatic carbocycles. The molecular weight excluding hydrogens is 194 g/mol. The summed E-state index contributed by atoms with van der Waals surface area (Å²) in [4.78, 5) is 0. The van der Waals surface area contributed by atoms with E-state index in [1.165, 1.54) is 0 Å². The summed E-state index contributed by atoms with van der Waals surface area (Å²) in [5.74, 6) is 4.50. The Labute approximate surface area is 90.5 Å². The van der Waals surface area contributed by atoms with Crippen LogP contribution in [0.2, 0.25) is 0 Å². The molecule has 0 aliphatic carbocycles. The third kappa shape index (κ3) is 5.21. The monoisotopic (exact) mass is 211 g/mol. The lowest BCUT2D eigenvalue weighted by molar-refractivity contribution is 0.123. The highest BCUT2D eigenvalue weighted by Crippen LogP contribution is 2.08. The van der Waals surface area contributed by atoms with Gasteiger partial charge in [0.25, 0.3) is 0 Å². The summed E-state index contributed by atoms with van der Waals surface area (Å²) in [6, 6.07) is 0. The van der Waals surface area contributed by atoms with E-state index in [2.05, 4.69) is 17.3 Å². The maximum atomic E-state index is 5.42. The lowest BCUT2D eigenvalue weighted by Crippen LogP contribution is -2.30. The van der Waals surface area contributed by atoms with E-state index < -0.39 is 0 Å². The molecule has 0 radical (unpaired) electrons. The van der Waals surface area contributed by atoms with Gasteiger partial charge >= 0.3 is 0 Å². The molecule has 0 spiro atoms. The molecule has 3 heteroatoms. The van der Waals surface area contributed by atoms with Crippen molar-refractivity contribution in [3.05, 3.63) is 12.3 Å². The van der Waals surface area contributed by atoms with Gasteiger partial charge in [0.1, 0.15) is 6.10 Å². The van der Waals surface area contributed by atoms with Crippen LogP contribution < -0.4 is 5.32 Å². The third-order valence-corrected chi connectivity index (χ3v) is 2.87. The fourth-order valence-electron chi connectivity index (χ4n) is 1.27. The van der Waals surface area contributed by atoms with Gasteiger partial charge in [-0.25, -0.2) is 0 Å².